The van der Waals surface area contributed by atoms with Crippen LogP contribution in [0.2, 0.25) is 0 Å². The van der Waals surface area contributed by atoms with Crippen LogP contribution >= 0.6 is 0 Å². The van der Waals surface area contributed by atoms with E-state index in [2.05, 4.69) is 10.2 Å². The molecule has 4 nitrogen and oxygen atoms in total. The number of piperidine rings is 3. The van der Waals surface area contributed by atoms with Crippen LogP contribution in [-0.4, -0.2) is 42.0 Å². The van der Waals surface area contributed by atoms with Gasteiger partial charge in [0.1, 0.15) is 0 Å². The average Bonchev–Trinajstić information content (AvgIpc) is 2.77. The Morgan fingerprint density at radius 1 is 1.28 bits per heavy atom. The Morgan fingerprint density at radius 2 is 1.94 bits per heavy atom. The molecule has 0 aromatic rings. The van der Waals surface area contributed by atoms with Crippen LogP contribution in [0.15, 0.2) is 0 Å². The summed E-state index contributed by atoms with van der Waals surface area (Å²) in [7, 11) is 0. The largest absolute Gasteiger partial charge is 0.352 e. The predicted molar refractivity (Wildman–Crippen MR) is 71.1 cm³/mol. The maximum atomic E-state index is 12.1. The van der Waals surface area contributed by atoms with Gasteiger partial charge in [0, 0.05) is 24.5 Å². The van der Waals surface area contributed by atoms with E-state index >= 15 is 0 Å². The first-order valence-corrected chi connectivity index (χ1v) is 7.45. The molecule has 4 fully saturated rings. The molecule has 2 bridgehead atoms. The van der Waals surface area contributed by atoms with E-state index < -0.39 is 0 Å². The van der Waals surface area contributed by atoms with Crippen molar-refractivity contribution in [2.45, 2.75) is 56.5 Å². The SMILES string of the molecule is NC1(CC(=O)NC2CN3CCC2CC3)CCCC1. The number of carbonyl (C=O) groups is 1. The van der Waals surface area contributed by atoms with Crippen molar-refractivity contribution in [3.05, 3.63) is 0 Å². The molecule has 3 aliphatic heterocycles. The van der Waals surface area contributed by atoms with Crippen molar-refractivity contribution in [2.24, 2.45) is 11.7 Å². The molecular formula is C14H25N3O. The number of hydrogen-bond acceptors (Lipinski definition) is 3. The number of amides is 1. The monoisotopic (exact) mass is 251 g/mol. The highest BCUT2D eigenvalue weighted by Gasteiger charge is 2.37. The Kier molecular flexibility index (Phi) is 3.32. The minimum Gasteiger partial charge on any atom is -0.352 e. The van der Waals surface area contributed by atoms with Crippen LogP contribution in [0, 0.1) is 5.92 Å². The zero-order chi connectivity index (χ0) is 12.6. The number of nitrogens with one attached hydrogen (secondary N) is 1. The summed E-state index contributed by atoms with van der Waals surface area (Å²) in [6, 6.07) is 0.380. The van der Waals surface area contributed by atoms with Gasteiger partial charge < -0.3 is 16.0 Å². The molecule has 1 amide bonds. The van der Waals surface area contributed by atoms with E-state index in [9.17, 15) is 4.79 Å². The molecule has 3 heterocycles. The van der Waals surface area contributed by atoms with E-state index in [1.165, 1.54) is 38.8 Å². The third kappa shape index (κ3) is 2.54. The summed E-state index contributed by atoms with van der Waals surface area (Å²) >= 11 is 0. The normalized spacial score (nSPS) is 37.7. The van der Waals surface area contributed by atoms with Crippen molar-refractivity contribution in [3.63, 3.8) is 0 Å². The molecule has 0 aromatic carbocycles. The van der Waals surface area contributed by atoms with E-state index in [-0.39, 0.29) is 11.4 Å². The van der Waals surface area contributed by atoms with Crippen molar-refractivity contribution >= 4 is 5.91 Å². The average molecular weight is 251 g/mol. The molecule has 0 aromatic heterocycles. The lowest BCUT2D eigenvalue weighted by Gasteiger charge is -2.45. The van der Waals surface area contributed by atoms with Gasteiger partial charge in [-0.2, -0.15) is 0 Å². The molecule has 4 heteroatoms. The van der Waals surface area contributed by atoms with Crippen LogP contribution in [0.4, 0.5) is 0 Å². The van der Waals surface area contributed by atoms with Gasteiger partial charge in [0.05, 0.1) is 0 Å². The quantitative estimate of drug-likeness (QED) is 0.782. The highest BCUT2D eigenvalue weighted by Crippen LogP contribution is 2.31. The van der Waals surface area contributed by atoms with E-state index in [1.54, 1.807) is 0 Å². The Bertz CT molecular complexity index is 317. The van der Waals surface area contributed by atoms with Gasteiger partial charge in [0.15, 0.2) is 0 Å². The molecule has 4 aliphatic rings. The molecule has 1 atom stereocenters. The van der Waals surface area contributed by atoms with Crippen LogP contribution in [-0.2, 0) is 4.79 Å². The summed E-state index contributed by atoms with van der Waals surface area (Å²) in [5.74, 6) is 0.884. The van der Waals surface area contributed by atoms with Gasteiger partial charge in [-0.05, 0) is 44.7 Å². The van der Waals surface area contributed by atoms with Crippen molar-refractivity contribution in [1.29, 1.82) is 0 Å². The van der Waals surface area contributed by atoms with Crippen molar-refractivity contribution in [3.8, 4) is 0 Å². The summed E-state index contributed by atoms with van der Waals surface area (Å²) in [6.45, 7) is 3.49. The van der Waals surface area contributed by atoms with Gasteiger partial charge in [0.2, 0.25) is 5.91 Å². The molecule has 1 saturated carbocycles. The second-order valence-corrected chi connectivity index (χ2v) is 6.56. The van der Waals surface area contributed by atoms with Gasteiger partial charge >= 0.3 is 0 Å². The summed E-state index contributed by atoms with van der Waals surface area (Å²) < 4.78 is 0. The van der Waals surface area contributed by atoms with Gasteiger partial charge in [0.25, 0.3) is 0 Å². The Labute approximate surface area is 109 Å². The molecule has 1 aliphatic carbocycles. The smallest absolute Gasteiger partial charge is 0.222 e. The zero-order valence-corrected chi connectivity index (χ0v) is 11.2. The predicted octanol–water partition coefficient (Wildman–Crippen LogP) is 0.858. The van der Waals surface area contributed by atoms with Crippen molar-refractivity contribution in [2.75, 3.05) is 19.6 Å². The maximum absolute atomic E-state index is 12.1. The fourth-order valence-electron chi connectivity index (χ4n) is 3.96. The lowest BCUT2D eigenvalue weighted by Crippen LogP contribution is -2.58. The lowest BCUT2D eigenvalue weighted by atomic mass is 9.83. The van der Waals surface area contributed by atoms with Crippen LogP contribution in [0.3, 0.4) is 0 Å². The van der Waals surface area contributed by atoms with Crippen LogP contribution in [0.5, 0.6) is 0 Å². The maximum Gasteiger partial charge on any atom is 0.222 e. The van der Waals surface area contributed by atoms with Crippen LogP contribution in [0.25, 0.3) is 0 Å². The zero-order valence-electron chi connectivity index (χ0n) is 11.2. The summed E-state index contributed by atoms with van der Waals surface area (Å²) in [4.78, 5) is 14.6. The lowest BCUT2D eigenvalue weighted by molar-refractivity contribution is -0.124. The Morgan fingerprint density at radius 3 is 2.50 bits per heavy atom. The molecular weight excluding hydrogens is 226 g/mol. The number of fused-ring (bicyclic) bond motifs is 3. The molecule has 1 unspecified atom stereocenters. The van der Waals surface area contributed by atoms with E-state index in [4.69, 9.17) is 5.73 Å². The van der Waals surface area contributed by atoms with E-state index in [1.807, 2.05) is 0 Å². The van der Waals surface area contributed by atoms with Crippen molar-refractivity contribution < 1.29 is 4.79 Å². The molecule has 0 radical (unpaired) electrons. The molecule has 3 saturated heterocycles. The summed E-state index contributed by atoms with van der Waals surface area (Å²) in [5, 5.41) is 3.24. The summed E-state index contributed by atoms with van der Waals surface area (Å²) in [6.07, 6.45) is 7.42. The van der Waals surface area contributed by atoms with Crippen molar-refractivity contribution in [1.82, 2.24) is 10.2 Å². The van der Waals surface area contributed by atoms with Crippen LogP contribution in [0.1, 0.15) is 44.9 Å². The third-order valence-electron chi connectivity index (χ3n) is 5.11. The van der Waals surface area contributed by atoms with Gasteiger partial charge in [-0.3, -0.25) is 4.79 Å². The molecule has 4 rings (SSSR count). The highest BCUT2D eigenvalue weighted by atomic mass is 16.1. The second-order valence-electron chi connectivity index (χ2n) is 6.56. The highest BCUT2D eigenvalue weighted by molar-refractivity contribution is 5.77. The fraction of sp³-hybridized carbons (Fsp3) is 0.929. The first-order valence-electron chi connectivity index (χ1n) is 7.45. The third-order valence-corrected chi connectivity index (χ3v) is 5.11. The fourth-order valence-corrected chi connectivity index (χ4v) is 3.96. The first-order chi connectivity index (χ1) is 8.65. The van der Waals surface area contributed by atoms with Gasteiger partial charge in [-0.15, -0.1) is 0 Å². The van der Waals surface area contributed by atoms with Gasteiger partial charge in [-0.25, -0.2) is 0 Å². The minimum atomic E-state index is -0.210. The number of hydrogen-bond donors (Lipinski definition) is 2. The number of nitrogens with zero attached hydrogens (tertiary/aromatic N) is 1. The number of rotatable bonds is 3. The standard InChI is InChI=1S/C14H25N3O/c15-14(5-1-2-6-14)9-13(18)16-12-10-17-7-3-11(12)4-8-17/h11-12H,1-10,15H2,(H,16,18). The van der Waals surface area contributed by atoms with Crippen LogP contribution < -0.4 is 11.1 Å². The van der Waals surface area contributed by atoms with E-state index in [0.29, 0.717) is 18.4 Å². The molecule has 3 N–H and O–H groups in total. The topological polar surface area (TPSA) is 58.4 Å². The minimum absolute atomic E-state index is 0.179. The molecule has 0 spiro atoms. The number of carbonyl (C=O) groups excluding carboxylic acids is 1. The molecule has 18 heavy (non-hydrogen) atoms. The Balaban J connectivity index is 1.52. The first kappa shape index (κ1) is 12.4. The molecule has 102 valence electrons. The Hall–Kier alpha value is -0.610. The second kappa shape index (κ2) is 4.82. The summed E-state index contributed by atoms with van der Waals surface area (Å²) in [5.41, 5.74) is 6.06. The van der Waals surface area contributed by atoms with Gasteiger partial charge in [-0.1, -0.05) is 12.8 Å². The number of nitrogens with two attached hydrogens (primary N) is 1. The van der Waals surface area contributed by atoms with E-state index in [0.717, 1.165) is 19.4 Å².